The summed E-state index contributed by atoms with van der Waals surface area (Å²) in [6.45, 7) is 3.51. The highest BCUT2D eigenvalue weighted by atomic mass is 35.5. The van der Waals surface area contributed by atoms with Gasteiger partial charge in [0.2, 0.25) is 0 Å². The molecule has 2 aromatic carbocycles. The number of halogens is 5. The van der Waals surface area contributed by atoms with E-state index in [2.05, 4.69) is 27.2 Å². The lowest BCUT2D eigenvalue weighted by Crippen LogP contribution is -2.50. The predicted octanol–water partition coefficient (Wildman–Crippen LogP) is 3.87. The summed E-state index contributed by atoms with van der Waals surface area (Å²) >= 11 is 12.1. The molecule has 38 heavy (non-hydrogen) atoms. The zero-order chi connectivity index (χ0) is 27.4. The molecule has 1 fully saturated rings. The Morgan fingerprint density at radius 3 is 2.58 bits per heavy atom. The first-order chi connectivity index (χ1) is 18.2. The number of ether oxygens (including phenoxy) is 1. The van der Waals surface area contributed by atoms with Crippen LogP contribution < -0.4 is 0 Å². The van der Waals surface area contributed by atoms with E-state index in [0.717, 1.165) is 17.7 Å². The van der Waals surface area contributed by atoms with Gasteiger partial charge in [-0.3, -0.25) is 0 Å². The Labute approximate surface area is 225 Å². The maximum Gasteiger partial charge on any atom is 0.194 e. The van der Waals surface area contributed by atoms with Crippen LogP contribution in [0.3, 0.4) is 0 Å². The predicted molar refractivity (Wildman–Crippen MR) is 136 cm³/mol. The highest BCUT2D eigenvalue weighted by Gasteiger charge is 2.39. The number of aromatic nitrogens is 3. The van der Waals surface area contributed by atoms with E-state index < -0.39 is 48.4 Å². The van der Waals surface area contributed by atoms with Crippen molar-refractivity contribution in [3.63, 3.8) is 0 Å². The fourth-order valence-corrected chi connectivity index (χ4v) is 4.56. The Kier molecular flexibility index (Phi) is 9.00. The van der Waals surface area contributed by atoms with Crippen LogP contribution in [0.15, 0.2) is 46.7 Å². The molecule has 4 unspecified atom stereocenters. The lowest BCUT2D eigenvalue weighted by molar-refractivity contribution is -0.158. The molecule has 1 aliphatic heterocycles. The van der Waals surface area contributed by atoms with Gasteiger partial charge in [-0.05, 0) is 29.8 Å². The van der Waals surface area contributed by atoms with Gasteiger partial charge in [-0.15, -0.1) is 10.2 Å². The van der Waals surface area contributed by atoms with Crippen molar-refractivity contribution in [1.82, 2.24) is 19.9 Å². The minimum Gasteiger partial charge on any atom is -0.394 e. The normalized spacial score (nSPS) is 21.7. The minimum absolute atomic E-state index is 0.0228. The zero-order valence-corrected chi connectivity index (χ0v) is 21.3. The van der Waals surface area contributed by atoms with Crippen molar-refractivity contribution in [1.29, 1.82) is 0 Å². The molecular formula is C24H23Cl2F3N6O3. The molecule has 0 saturated carbocycles. The minimum atomic E-state index is -1.59. The molecule has 9 nitrogen and oxygen atoms in total. The average molecular weight is 571 g/mol. The van der Waals surface area contributed by atoms with Gasteiger partial charge in [0.15, 0.2) is 17.5 Å². The molecule has 4 rings (SSSR count). The number of aliphatic hydroxyl groups excluding tert-OH is 2. The molecule has 0 aliphatic carbocycles. The van der Waals surface area contributed by atoms with E-state index in [1.807, 2.05) is 0 Å². The lowest BCUT2D eigenvalue weighted by Gasteiger charge is -2.40. The zero-order valence-electron chi connectivity index (χ0n) is 19.8. The van der Waals surface area contributed by atoms with Gasteiger partial charge in [0.1, 0.15) is 24.2 Å². The van der Waals surface area contributed by atoms with Gasteiger partial charge in [0.25, 0.3) is 0 Å². The third-order valence-corrected chi connectivity index (χ3v) is 6.80. The second kappa shape index (κ2) is 12.2. The van der Waals surface area contributed by atoms with Gasteiger partial charge in [0, 0.05) is 31.8 Å². The summed E-state index contributed by atoms with van der Waals surface area (Å²) in [4.78, 5) is 1.79. The van der Waals surface area contributed by atoms with E-state index >= 15 is 0 Å². The fourth-order valence-electron chi connectivity index (χ4n) is 4.24. The topological polar surface area (TPSA) is 108 Å². The first-order valence-corrected chi connectivity index (χ1v) is 12.1. The summed E-state index contributed by atoms with van der Waals surface area (Å²) in [5.41, 5.74) is 0.884. The Balaban J connectivity index is 1.55. The van der Waals surface area contributed by atoms with Crippen LogP contribution in [0.5, 0.6) is 0 Å². The second-order valence-corrected chi connectivity index (χ2v) is 9.48. The Morgan fingerprint density at radius 2 is 1.92 bits per heavy atom. The first kappa shape index (κ1) is 28.0. The molecule has 202 valence electrons. The van der Waals surface area contributed by atoms with E-state index in [9.17, 15) is 23.4 Å². The highest BCUT2D eigenvalue weighted by Crippen LogP contribution is 2.31. The van der Waals surface area contributed by atoms with Gasteiger partial charge < -0.3 is 19.8 Å². The van der Waals surface area contributed by atoms with Crippen LogP contribution in [0.4, 0.5) is 13.2 Å². The SMILES string of the molecule is C=N/N=C\N(Cc1ccc(Cl)c(Cl)c1)CC1CC(n2cc(-c3cc(F)c(F)c(F)c3)nn2)C(O)C(CO)O1. The third kappa shape index (κ3) is 6.33. The Morgan fingerprint density at radius 1 is 1.18 bits per heavy atom. The van der Waals surface area contributed by atoms with Crippen LogP contribution in [-0.2, 0) is 11.3 Å². The molecule has 3 aromatic rings. The number of hydrogen-bond donors (Lipinski definition) is 2. The molecule has 4 atom stereocenters. The smallest absolute Gasteiger partial charge is 0.194 e. The average Bonchev–Trinajstić information content (AvgIpc) is 3.38. The van der Waals surface area contributed by atoms with Crippen molar-refractivity contribution in [2.75, 3.05) is 13.2 Å². The quantitative estimate of drug-likeness (QED) is 0.175. The van der Waals surface area contributed by atoms with Crippen LogP contribution in [-0.4, -0.2) is 74.6 Å². The van der Waals surface area contributed by atoms with Crippen molar-refractivity contribution in [2.24, 2.45) is 10.2 Å². The van der Waals surface area contributed by atoms with Crippen molar-refractivity contribution < 1.29 is 28.1 Å². The number of benzene rings is 2. The van der Waals surface area contributed by atoms with E-state index in [1.54, 1.807) is 23.1 Å². The summed E-state index contributed by atoms with van der Waals surface area (Å²) in [6.07, 6.45) is 0.450. The standard InChI is InChI=1S/C24H23Cl2F3N6O3/c1-30-31-12-34(8-13-2-3-16(25)17(26)4-13)9-15-7-21(24(37)22(11-36)38-15)35-10-20(32-33-35)14-5-18(27)23(29)19(28)6-14/h2-6,10,12,15,21-22,24,36-37H,1,7-9,11H2/b31-12-. The van der Waals surface area contributed by atoms with Crippen molar-refractivity contribution in [3.05, 3.63) is 69.6 Å². The van der Waals surface area contributed by atoms with E-state index in [-0.39, 0.29) is 24.2 Å². The summed E-state index contributed by atoms with van der Waals surface area (Å²) in [5, 5.41) is 36.8. The van der Waals surface area contributed by atoms with Crippen LogP contribution >= 0.6 is 23.2 Å². The van der Waals surface area contributed by atoms with Gasteiger partial charge >= 0.3 is 0 Å². The monoisotopic (exact) mass is 570 g/mol. The Bertz CT molecular complexity index is 1300. The van der Waals surface area contributed by atoms with Crippen molar-refractivity contribution in [2.45, 2.75) is 37.3 Å². The summed E-state index contributed by atoms with van der Waals surface area (Å²) in [7, 11) is 0. The number of nitrogens with zero attached hydrogens (tertiary/aromatic N) is 6. The summed E-state index contributed by atoms with van der Waals surface area (Å²) in [5.74, 6) is -4.31. The summed E-state index contributed by atoms with van der Waals surface area (Å²) < 4.78 is 48.0. The summed E-state index contributed by atoms with van der Waals surface area (Å²) in [6, 6.07) is 6.10. The number of rotatable bonds is 9. The van der Waals surface area contributed by atoms with Gasteiger partial charge in [0.05, 0.1) is 35.0 Å². The molecule has 0 radical (unpaired) electrons. The molecule has 1 aliphatic rings. The molecule has 1 saturated heterocycles. The molecule has 2 heterocycles. The van der Waals surface area contributed by atoms with Crippen LogP contribution in [0.1, 0.15) is 18.0 Å². The second-order valence-electron chi connectivity index (χ2n) is 8.66. The maximum absolute atomic E-state index is 13.7. The molecule has 0 bridgehead atoms. The largest absolute Gasteiger partial charge is 0.394 e. The molecule has 1 aromatic heterocycles. The molecule has 0 spiro atoms. The molecule has 2 N–H and O–H groups in total. The van der Waals surface area contributed by atoms with Crippen molar-refractivity contribution >= 4 is 36.3 Å². The van der Waals surface area contributed by atoms with Crippen LogP contribution in [0.2, 0.25) is 10.0 Å². The van der Waals surface area contributed by atoms with Gasteiger partial charge in [-0.25, -0.2) is 17.9 Å². The third-order valence-electron chi connectivity index (χ3n) is 6.06. The maximum atomic E-state index is 13.7. The molecular weight excluding hydrogens is 548 g/mol. The van der Waals surface area contributed by atoms with Gasteiger partial charge in [-0.2, -0.15) is 5.10 Å². The number of aliphatic hydroxyl groups is 2. The lowest BCUT2D eigenvalue weighted by atomic mass is 9.95. The van der Waals surface area contributed by atoms with Crippen molar-refractivity contribution in [3.8, 4) is 11.3 Å². The Hall–Kier alpha value is -3.03. The highest BCUT2D eigenvalue weighted by molar-refractivity contribution is 6.42. The molecule has 0 amide bonds. The molecule has 14 heteroatoms. The fraction of sp³-hybridized carbons (Fsp3) is 0.333. The van der Waals surface area contributed by atoms with E-state index in [1.165, 1.54) is 17.2 Å². The van der Waals surface area contributed by atoms with Crippen LogP contribution in [0.25, 0.3) is 11.3 Å². The van der Waals surface area contributed by atoms with E-state index in [4.69, 9.17) is 27.9 Å². The van der Waals surface area contributed by atoms with Gasteiger partial charge in [-0.1, -0.05) is 34.5 Å². The van der Waals surface area contributed by atoms with Crippen LogP contribution in [0, 0.1) is 17.5 Å². The number of hydrogen-bond acceptors (Lipinski definition) is 7. The van der Waals surface area contributed by atoms with E-state index in [0.29, 0.717) is 16.6 Å². The first-order valence-electron chi connectivity index (χ1n) is 11.4.